The molecular formula is C23H45N. The van der Waals surface area contributed by atoms with Gasteiger partial charge in [0.2, 0.25) is 0 Å². The zero-order chi connectivity index (χ0) is 18.1. The Morgan fingerprint density at radius 1 is 1.08 bits per heavy atom. The molecule has 0 amide bonds. The Hall–Kier alpha value is -0.300. The van der Waals surface area contributed by atoms with Crippen LogP contribution < -0.4 is 0 Å². The highest BCUT2D eigenvalue weighted by Gasteiger charge is 2.32. The Bertz CT molecular complexity index is 348. The predicted octanol–water partition coefficient (Wildman–Crippen LogP) is 6.93. The topological polar surface area (TPSA) is 3.24 Å². The van der Waals surface area contributed by atoms with E-state index < -0.39 is 0 Å². The Morgan fingerprint density at radius 2 is 1.75 bits per heavy atom. The maximum absolute atomic E-state index is 4.34. The molecule has 0 saturated heterocycles. The quantitative estimate of drug-likeness (QED) is 0.456. The van der Waals surface area contributed by atoms with Crippen LogP contribution in [0.1, 0.15) is 92.4 Å². The van der Waals surface area contributed by atoms with Gasteiger partial charge in [-0.2, -0.15) is 0 Å². The van der Waals surface area contributed by atoms with Gasteiger partial charge in [-0.1, -0.05) is 66.0 Å². The molecular weight excluding hydrogens is 290 g/mol. The molecule has 0 N–H and O–H groups in total. The highest BCUT2D eigenvalue weighted by atomic mass is 15.1. The van der Waals surface area contributed by atoms with Crippen LogP contribution in [0.4, 0.5) is 0 Å². The third-order valence-corrected chi connectivity index (χ3v) is 6.84. The molecule has 2 rings (SSSR count). The van der Waals surface area contributed by atoms with Gasteiger partial charge in [-0.05, 0) is 69.2 Å². The minimum Gasteiger partial charge on any atom is -0.303 e. The van der Waals surface area contributed by atoms with Crippen molar-refractivity contribution < 1.29 is 0 Å². The van der Waals surface area contributed by atoms with Gasteiger partial charge in [0.1, 0.15) is 0 Å². The summed E-state index contributed by atoms with van der Waals surface area (Å²) in [6, 6.07) is 0.792. The highest BCUT2D eigenvalue weighted by molar-refractivity contribution is 5.02. The molecule has 0 aromatic heterocycles. The fourth-order valence-electron chi connectivity index (χ4n) is 5.24. The maximum atomic E-state index is 4.34. The van der Waals surface area contributed by atoms with Gasteiger partial charge in [-0.3, -0.25) is 0 Å². The Morgan fingerprint density at radius 3 is 2.29 bits per heavy atom. The van der Waals surface area contributed by atoms with Crippen molar-refractivity contribution in [2.75, 3.05) is 13.6 Å². The molecule has 1 nitrogen and oxygen atoms in total. The van der Waals surface area contributed by atoms with Crippen LogP contribution in [0.5, 0.6) is 0 Å². The monoisotopic (exact) mass is 335 g/mol. The third-order valence-electron chi connectivity index (χ3n) is 6.84. The van der Waals surface area contributed by atoms with Crippen LogP contribution in [-0.4, -0.2) is 24.5 Å². The summed E-state index contributed by atoms with van der Waals surface area (Å²) in [5.74, 6) is 3.59. The van der Waals surface area contributed by atoms with Gasteiger partial charge >= 0.3 is 0 Å². The highest BCUT2D eigenvalue weighted by Crippen LogP contribution is 2.39. The minimum absolute atomic E-state index is 0.792. The van der Waals surface area contributed by atoms with Crippen molar-refractivity contribution in [1.82, 2.24) is 4.90 Å². The van der Waals surface area contributed by atoms with Crippen molar-refractivity contribution in [3.63, 3.8) is 0 Å². The first kappa shape index (κ1) is 21.7. The van der Waals surface area contributed by atoms with E-state index in [1.165, 1.54) is 69.9 Å². The van der Waals surface area contributed by atoms with Gasteiger partial charge in [0, 0.05) is 12.6 Å². The van der Waals surface area contributed by atoms with E-state index in [4.69, 9.17) is 0 Å². The molecule has 2 fully saturated rings. The molecule has 24 heavy (non-hydrogen) atoms. The molecule has 0 bridgehead atoms. The lowest BCUT2D eigenvalue weighted by Gasteiger charge is -2.40. The molecule has 2 saturated carbocycles. The van der Waals surface area contributed by atoms with Crippen LogP contribution in [-0.2, 0) is 0 Å². The summed E-state index contributed by atoms with van der Waals surface area (Å²) in [6.45, 7) is 16.8. The van der Waals surface area contributed by atoms with Crippen molar-refractivity contribution in [3.8, 4) is 0 Å². The van der Waals surface area contributed by atoms with E-state index in [-0.39, 0.29) is 0 Å². The molecule has 0 aliphatic heterocycles. The molecule has 0 aromatic carbocycles. The largest absolute Gasteiger partial charge is 0.303 e. The minimum atomic E-state index is 0.792. The zero-order valence-corrected chi connectivity index (χ0v) is 17.6. The Kier molecular flexibility index (Phi) is 10.3. The lowest BCUT2D eigenvalue weighted by molar-refractivity contribution is 0.104. The summed E-state index contributed by atoms with van der Waals surface area (Å²) in [5.41, 5.74) is 1.51. The lowest BCUT2D eigenvalue weighted by atomic mass is 9.73. The van der Waals surface area contributed by atoms with Crippen molar-refractivity contribution in [2.45, 2.75) is 98.4 Å². The molecule has 5 unspecified atom stereocenters. The van der Waals surface area contributed by atoms with Crippen molar-refractivity contribution in [1.29, 1.82) is 0 Å². The van der Waals surface area contributed by atoms with E-state index in [1.807, 2.05) is 13.8 Å². The van der Waals surface area contributed by atoms with Crippen LogP contribution in [0.3, 0.4) is 0 Å². The van der Waals surface area contributed by atoms with E-state index in [9.17, 15) is 0 Å². The number of hydrogen-bond acceptors (Lipinski definition) is 1. The van der Waals surface area contributed by atoms with E-state index >= 15 is 0 Å². The van der Waals surface area contributed by atoms with Crippen molar-refractivity contribution in [3.05, 3.63) is 12.2 Å². The van der Waals surface area contributed by atoms with Crippen molar-refractivity contribution >= 4 is 0 Å². The number of hydrogen-bond donors (Lipinski definition) is 0. The summed E-state index contributed by atoms with van der Waals surface area (Å²) in [7, 11) is 2.40. The predicted molar refractivity (Wildman–Crippen MR) is 109 cm³/mol. The van der Waals surface area contributed by atoms with Crippen LogP contribution in [0, 0.1) is 23.7 Å². The lowest BCUT2D eigenvalue weighted by Crippen LogP contribution is -2.42. The van der Waals surface area contributed by atoms with Gasteiger partial charge in [-0.15, -0.1) is 0 Å². The van der Waals surface area contributed by atoms with Gasteiger partial charge in [0.05, 0.1) is 0 Å². The molecule has 1 heteroatoms. The second-order valence-electron chi connectivity index (χ2n) is 8.22. The maximum Gasteiger partial charge on any atom is 0.0118 e. The zero-order valence-electron chi connectivity index (χ0n) is 17.6. The first-order valence-corrected chi connectivity index (χ1v) is 10.9. The fraction of sp³-hybridized carbons (Fsp3) is 0.913. The van der Waals surface area contributed by atoms with E-state index in [2.05, 4.69) is 39.3 Å². The van der Waals surface area contributed by atoms with E-state index in [1.54, 1.807) is 0 Å². The van der Waals surface area contributed by atoms with Crippen LogP contribution in [0.2, 0.25) is 0 Å². The summed E-state index contributed by atoms with van der Waals surface area (Å²) in [6.07, 6.45) is 12.5. The smallest absolute Gasteiger partial charge is 0.0118 e. The molecule has 2 aliphatic rings. The van der Waals surface area contributed by atoms with Crippen LogP contribution in [0.15, 0.2) is 12.2 Å². The Balaban J connectivity index is 0.00000139. The standard InChI is InChI=1S/C21H39N.C2H6/c1-6-16(3)18-11-9-12-19(14-18)21(7-2)22(5)15-20-13-8-10-17(20)4;1-2/h17-21H,3,6-15H2,1-2,4-5H3;1-2H3. The average Bonchev–Trinajstić information content (AvgIpc) is 3.01. The normalized spacial score (nSPS) is 31.5. The number of allylic oxidation sites excluding steroid dienone is 1. The van der Waals surface area contributed by atoms with Gasteiger partial charge in [0.25, 0.3) is 0 Å². The number of nitrogens with zero attached hydrogens (tertiary/aromatic N) is 1. The second kappa shape index (κ2) is 11.3. The second-order valence-corrected chi connectivity index (χ2v) is 8.22. The molecule has 0 radical (unpaired) electrons. The third kappa shape index (κ3) is 5.90. The van der Waals surface area contributed by atoms with Gasteiger partial charge in [-0.25, -0.2) is 0 Å². The first-order valence-electron chi connectivity index (χ1n) is 10.9. The van der Waals surface area contributed by atoms with Crippen molar-refractivity contribution in [2.24, 2.45) is 23.7 Å². The average molecular weight is 336 g/mol. The molecule has 0 spiro atoms. The van der Waals surface area contributed by atoms with Crippen LogP contribution in [0.25, 0.3) is 0 Å². The Labute approximate surface area is 153 Å². The summed E-state index contributed by atoms with van der Waals surface area (Å²) >= 11 is 0. The summed E-state index contributed by atoms with van der Waals surface area (Å²) in [5, 5.41) is 0. The van der Waals surface area contributed by atoms with E-state index in [0.717, 1.165) is 29.7 Å². The first-order chi connectivity index (χ1) is 11.6. The summed E-state index contributed by atoms with van der Waals surface area (Å²) < 4.78 is 0. The molecule has 0 heterocycles. The van der Waals surface area contributed by atoms with Crippen LogP contribution >= 0.6 is 0 Å². The van der Waals surface area contributed by atoms with E-state index in [0.29, 0.717) is 0 Å². The molecule has 5 atom stereocenters. The SMILES string of the molecule is C=C(CC)C1CCCC(C(CC)N(C)CC2CCCC2C)C1.CC. The van der Waals surface area contributed by atoms with Gasteiger partial charge < -0.3 is 4.90 Å². The summed E-state index contributed by atoms with van der Waals surface area (Å²) in [4.78, 5) is 2.73. The molecule has 142 valence electrons. The fourth-order valence-corrected chi connectivity index (χ4v) is 5.24. The molecule has 2 aliphatic carbocycles. The number of rotatable bonds is 7. The molecule has 0 aromatic rings. The van der Waals surface area contributed by atoms with Gasteiger partial charge in [0.15, 0.2) is 0 Å².